The molecule has 2 heterocycles. The van der Waals surface area contributed by atoms with Crippen LogP contribution in [0.4, 0.5) is 9.18 Å². The van der Waals surface area contributed by atoms with Gasteiger partial charge in [-0.3, -0.25) is 14.4 Å². The molecule has 1 saturated heterocycles. The van der Waals surface area contributed by atoms with Crippen LogP contribution < -0.4 is 0 Å². The van der Waals surface area contributed by atoms with Gasteiger partial charge < -0.3 is 23.8 Å². The molecule has 2 aromatic rings. The summed E-state index contributed by atoms with van der Waals surface area (Å²) in [5.41, 5.74) is 0.322. The Morgan fingerprint density at radius 2 is 1.86 bits per heavy atom. The Kier molecular flexibility index (Phi) is 11.3. The smallest absolute Gasteiger partial charge is 0.410 e. The molecule has 1 fully saturated rings. The van der Waals surface area contributed by atoms with E-state index in [-0.39, 0.29) is 36.6 Å². The molecule has 1 aliphatic heterocycles. The Labute approximate surface area is 247 Å². The minimum Gasteiger partial charge on any atom is -0.444 e. The number of amides is 3. The third-order valence-corrected chi connectivity index (χ3v) is 7.16. The number of ether oxygens (including phenoxy) is 2. The van der Waals surface area contributed by atoms with Crippen molar-refractivity contribution in [1.29, 1.82) is 0 Å². The normalized spacial score (nSPS) is 17.5. The van der Waals surface area contributed by atoms with E-state index in [9.17, 15) is 18.8 Å². The summed E-state index contributed by atoms with van der Waals surface area (Å²) < 4.78 is 26.9. The lowest BCUT2D eigenvalue weighted by atomic mass is 9.91. The van der Waals surface area contributed by atoms with Crippen LogP contribution in [-0.4, -0.2) is 101 Å². The molecule has 1 aromatic carbocycles. The van der Waals surface area contributed by atoms with Crippen LogP contribution in [-0.2, 0) is 25.7 Å². The molecule has 0 radical (unpaired) electrons. The van der Waals surface area contributed by atoms with Gasteiger partial charge in [-0.1, -0.05) is 13.8 Å². The van der Waals surface area contributed by atoms with Crippen LogP contribution in [0.2, 0.25) is 0 Å². The van der Waals surface area contributed by atoms with Crippen molar-refractivity contribution < 1.29 is 33.1 Å². The van der Waals surface area contributed by atoms with Crippen LogP contribution >= 0.6 is 0 Å². The number of carbonyl (C=O) groups is 3. The fraction of sp³-hybridized carbons (Fsp3) is 0.667. The molecule has 1 aromatic heterocycles. The quantitative estimate of drug-likeness (QED) is 0.283. The number of hydrogen-bond acceptors (Lipinski definition) is 7. The Bertz CT molecular complexity index is 1240. The highest BCUT2D eigenvalue weighted by atomic mass is 19.1. The number of hydrogen-bond donors (Lipinski definition) is 0. The van der Waals surface area contributed by atoms with E-state index in [1.54, 1.807) is 43.4 Å². The van der Waals surface area contributed by atoms with E-state index in [0.29, 0.717) is 43.6 Å². The van der Waals surface area contributed by atoms with Gasteiger partial charge in [0.15, 0.2) is 5.82 Å². The van der Waals surface area contributed by atoms with Crippen molar-refractivity contribution in [2.45, 2.75) is 72.1 Å². The number of nitrogens with zero attached hydrogens (tertiary/aromatic N) is 5. The average molecular weight is 592 g/mol. The number of fused-ring (bicyclic) bond motifs is 1. The number of benzene rings is 1. The second-order valence-electron chi connectivity index (χ2n) is 12.3. The largest absolute Gasteiger partial charge is 0.444 e. The molecule has 2 unspecified atom stereocenters. The highest BCUT2D eigenvalue weighted by Gasteiger charge is 2.41. The molecule has 0 N–H and O–H groups in total. The zero-order chi connectivity index (χ0) is 31.2. The first kappa shape index (κ1) is 33.3. The molecule has 11 nitrogen and oxygen atoms in total. The highest BCUT2D eigenvalue weighted by molar-refractivity contribution is 5.95. The zero-order valence-corrected chi connectivity index (χ0v) is 26.2. The van der Waals surface area contributed by atoms with Crippen LogP contribution in [0.3, 0.4) is 0 Å². The van der Waals surface area contributed by atoms with E-state index in [1.165, 1.54) is 31.2 Å². The number of hydroxylamine groups is 2. The van der Waals surface area contributed by atoms with E-state index >= 15 is 0 Å². The molecule has 3 amide bonds. The van der Waals surface area contributed by atoms with Crippen molar-refractivity contribution in [2.24, 2.45) is 11.8 Å². The first-order valence-corrected chi connectivity index (χ1v) is 14.5. The fourth-order valence-electron chi connectivity index (χ4n) is 5.22. The van der Waals surface area contributed by atoms with Crippen molar-refractivity contribution in [1.82, 2.24) is 24.4 Å². The Morgan fingerprint density at radius 3 is 2.48 bits per heavy atom. The molecule has 12 heteroatoms. The second-order valence-corrected chi connectivity index (χ2v) is 12.3. The summed E-state index contributed by atoms with van der Waals surface area (Å²) in [4.78, 5) is 53.8. The van der Waals surface area contributed by atoms with E-state index in [0.717, 1.165) is 11.5 Å². The molecular weight excluding hydrogens is 545 g/mol. The maximum Gasteiger partial charge on any atom is 0.410 e. The lowest BCUT2D eigenvalue weighted by molar-refractivity contribution is -0.175. The summed E-state index contributed by atoms with van der Waals surface area (Å²) in [5, 5.41) is 1.14. The number of piperidine rings is 1. The predicted octanol–water partition coefficient (Wildman–Crippen LogP) is 4.35. The molecule has 0 spiro atoms. The Morgan fingerprint density at radius 1 is 1.14 bits per heavy atom. The summed E-state index contributed by atoms with van der Waals surface area (Å²) in [7, 11) is 4.55. The Hall–Kier alpha value is -3.25. The third kappa shape index (κ3) is 8.41. The van der Waals surface area contributed by atoms with Gasteiger partial charge in [0.25, 0.3) is 11.8 Å². The van der Waals surface area contributed by atoms with Gasteiger partial charge in [-0.15, -0.1) is 0 Å². The molecule has 42 heavy (non-hydrogen) atoms. The number of methoxy groups -OCH3 is 1. The van der Waals surface area contributed by atoms with Crippen LogP contribution in [0, 0.1) is 17.7 Å². The lowest BCUT2D eigenvalue weighted by Gasteiger charge is -2.43. The van der Waals surface area contributed by atoms with Crippen LogP contribution in [0.15, 0.2) is 18.2 Å². The second kappa shape index (κ2) is 14.3. The van der Waals surface area contributed by atoms with E-state index in [4.69, 9.17) is 14.3 Å². The van der Waals surface area contributed by atoms with Crippen molar-refractivity contribution >= 4 is 28.9 Å². The fourth-order valence-corrected chi connectivity index (χ4v) is 5.22. The van der Waals surface area contributed by atoms with Crippen LogP contribution in [0.1, 0.15) is 64.5 Å². The molecule has 1 aliphatic rings. The number of imidazole rings is 1. The SMILES string of the molecule is COCCCCn1c(C(=O)N(CC(C)C)C2CC(C(=O)N(C)OC)CN(C(=O)OC(C)(C)C)C2)nc2ccc(F)cc21. The number of rotatable bonds is 11. The maximum atomic E-state index is 14.4. The third-order valence-electron chi connectivity index (χ3n) is 7.16. The van der Waals surface area contributed by atoms with Crippen molar-refractivity contribution in [3.8, 4) is 0 Å². The first-order chi connectivity index (χ1) is 19.7. The molecule has 0 saturated carbocycles. The van der Waals surface area contributed by atoms with Crippen molar-refractivity contribution in [3.63, 3.8) is 0 Å². The van der Waals surface area contributed by atoms with Gasteiger partial charge >= 0.3 is 6.09 Å². The van der Waals surface area contributed by atoms with E-state index in [1.807, 2.05) is 13.8 Å². The predicted molar refractivity (Wildman–Crippen MR) is 156 cm³/mol. The van der Waals surface area contributed by atoms with Gasteiger partial charge in [0.2, 0.25) is 0 Å². The monoisotopic (exact) mass is 591 g/mol. The maximum absolute atomic E-state index is 14.4. The van der Waals surface area contributed by atoms with Crippen LogP contribution in [0.25, 0.3) is 11.0 Å². The summed E-state index contributed by atoms with van der Waals surface area (Å²) in [6.45, 7) is 11.1. The Balaban J connectivity index is 2.03. The van der Waals surface area contributed by atoms with E-state index in [2.05, 4.69) is 4.98 Å². The van der Waals surface area contributed by atoms with Gasteiger partial charge in [-0.2, -0.15) is 0 Å². The lowest BCUT2D eigenvalue weighted by Crippen LogP contribution is -2.58. The molecule has 0 aliphatic carbocycles. The van der Waals surface area contributed by atoms with E-state index < -0.39 is 29.5 Å². The number of halogens is 1. The average Bonchev–Trinajstić information content (AvgIpc) is 3.28. The highest BCUT2D eigenvalue weighted by Crippen LogP contribution is 2.28. The number of likely N-dealkylation sites (tertiary alicyclic amines) is 1. The molecule has 0 bridgehead atoms. The summed E-state index contributed by atoms with van der Waals surface area (Å²) in [5.74, 6) is -1.39. The van der Waals surface area contributed by atoms with Gasteiger partial charge in [-0.25, -0.2) is 19.2 Å². The summed E-state index contributed by atoms with van der Waals surface area (Å²) in [6.07, 6.45) is 1.24. The molecule has 2 atom stereocenters. The molecule has 3 rings (SSSR count). The topological polar surface area (TPSA) is 106 Å². The van der Waals surface area contributed by atoms with Gasteiger partial charge in [0.05, 0.1) is 30.1 Å². The van der Waals surface area contributed by atoms with Gasteiger partial charge in [0, 0.05) is 46.9 Å². The summed E-state index contributed by atoms with van der Waals surface area (Å²) >= 11 is 0. The molecular formula is C30H46FN5O6. The van der Waals surface area contributed by atoms with Crippen molar-refractivity contribution in [2.75, 3.05) is 47.5 Å². The number of carbonyl (C=O) groups excluding carboxylic acids is 3. The standard InChI is InChI=1S/C30H46FN5O6/c1-20(2)17-36(23-15-21(27(37)33(6)41-8)18-34(19-23)29(39)42-30(3,4)5)28(38)26-32-24-12-11-22(31)16-25(24)35(26)13-9-10-14-40-7/h11-12,16,20-21,23H,9-10,13-15,17-19H2,1-8H3. The summed E-state index contributed by atoms with van der Waals surface area (Å²) in [6, 6.07) is 3.79. The first-order valence-electron chi connectivity index (χ1n) is 14.5. The molecule has 234 valence electrons. The van der Waals surface area contributed by atoms with Crippen molar-refractivity contribution in [3.05, 3.63) is 29.8 Å². The van der Waals surface area contributed by atoms with Crippen LogP contribution in [0.5, 0.6) is 0 Å². The van der Waals surface area contributed by atoms with Gasteiger partial charge in [0.1, 0.15) is 11.4 Å². The zero-order valence-electron chi connectivity index (χ0n) is 26.2. The number of aryl methyl sites for hydroxylation is 1. The number of unbranched alkanes of at least 4 members (excludes halogenated alkanes) is 1. The number of aromatic nitrogens is 2. The minimum absolute atomic E-state index is 0.0821. The van der Waals surface area contributed by atoms with Gasteiger partial charge in [-0.05, 0) is 64.2 Å². The minimum atomic E-state index is -0.733.